The molecule has 0 saturated carbocycles. The number of aryl methyl sites for hydroxylation is 1. The fourth-order valence-corrected chi connectivity index (χ4v) is 3.07. The molecule has 2 nitrogen and oxygen atoms in total. The topological polar surface area (TPSA) is 29.3 Å². The first kappa shape index (κ1) is 15.3. The van der Waals surface area contributed by atoms with Gasteiger partial charge in [-0.2, -0.15) is 13.2 Å². The van der Waals surface area contributed by atoms with Gasteiger partial charge in [-0.25, -0.2) is 0 Å². The molecule has 1 aliphatic carbocycles. The Hall–Kier alpha value is -1.07. The van der Waals surface area contributed by atoms with E-state index in [1.807, 2.05) is 31.2 Å². The predicted octanol–water partition coefficient (Wildman–Crippen LogP) is 3.28. The first-order chi connectivity index (χ1) is 9.42. The molecule has 2 unspecified atom stereocenters. The molecule has 2 rings (SSSR count). The maximum absolute atomic E-state index is 12.7. The van der Waals surface area contributed by atoms with Crippen molar-refractivity contribution >= 4 is 0 Å². The van der Waals surface area contributed by atoms with Gasteiger partial charge in [0.1, 0.15) is 0 Å². The van der Waals surface area contributed by atoms with Crippen LogP contribution >= 0.6 is 0 Å². The van der Waals surface area contributed by atoms with Crippen LogP contribution in [0.1, 0.15) is 36.9 Å². The molecule has 112 valence electrons. The molecule has 0 aliphatic heterocycles. The van der Waals surface area contributed by atoms with Gasteiger partial charge in [-0.3, -0.25) is 4.90 Å². The van der Waals surface area contributed by atoms with Gasteiger partial charge in [0, 0.05) is 12.1 Å². The number of rotatable bonds is 4. The average Bonchev–Trinajstić information content (AvgIpc) is 2.37. The number of hydrogen-bond donors (Lipinski definition) is 1. The molecule has 0 amide bonds. The summed E-state index contributed by atoms with van der Waals surface area (Å²) in [6, 6.07) is 7.23. The van der Waals surface area contributed by atoms with Gasteiger partial charge >= 0.3 is 6.18 Å². The zero-order valence-electron chi connectivity index (χ0n) is 11.7. The van der Waals surface area contributed by atoms with Crippen molar-refractivity contribution in [3.8, 4) is 0 Å². The van der Waals surface area contributed by atoms with Crippen molar-refractivity contribution in [1.29, 1.82) is 0 Å². The van der Waals surface area contributed by atoms with Gasteiger partial charge in [0.15, 0.2) is 0 Å². The van der Waals surface area contributed by atoms with E-state index in [1.54, 1.807) is 0 Å². The molecule has 0 fully saturated rings. The molecule has 2 atom stereocenters. The van der Waals surface area contributed by atoms with Crippen molar-refractivity contribution in [2.24, 2.45) is 5.73 Å². The average molecular weight is 286 g/mol. The van der Waals surface area contributed by atoms with Gasteiger partial charge in [-0.15, -0.1) is 0 Å². The van der Waals surface area contributed by atoms with Gasteiger partial charge in [0.2, 0.25) is 0 Å². The Kier molecular flexibility index (Phi) is 4.70. The number of nitrogens with zero attached hydrogens (tertiary/aromatic N) is 1. The molecule has 0 bridgehead atoms. The zero-order chi connectivity index (χ0) is 14.8. The highest BCUT2D eigenvalue weighted by atomic mass is 19.4. The summed E-state index contributed by atoms with van der Waals surface area (Å²) in [5.41, 5.74) is 8.39. The summed E-state index contributed by atoms with van der Waals surface area (Å²) in [5.74, 6) is 0. The minimum atomic E-state index is -4.17. The largest absolute Gasteiger partial charge is 0.401 e. The van der Waals surface area contributed by atoms with E-state index in [0.29, 0.717) is 19.4 Å². The number of alkyl halides is 3. The molecule has 0 radical (unpaired) electrons. The fraction of sp³-hybridized carbons (Fsp3) is 0.600. The molecule has 1 aliphatic rings. The smallest absolute Gasteiger partial charge is 0.323 e. The minimum absolute atomic E-state index is 0.230. The SMILES string of the molecule is CCCN(CC(F)(F)F)C1CCc2ccccc2C1N. The molecule has 0 spiro atoms. The number of fused-ring (bicyclic) bond motifs is 1. The molecule has 2 N–H and O–H groups in total. The number of benzene rings is 1. The van der Waals surface area contributed by atoms with E-state index >= 15 is 0 Å². The Balaban J connectivity index is 2.18. The fourth-order valence-electron chi connectivity index (χ4n) is 3.07. The Morgan fingerprint density at radius 1 is 1.30 bits per heavy atom. The lowest BCUT2D eigenvalue weighted by atomic mass is 9.83. The van der Waals surface area contributed by atoms with Crippen molar-refractivity contribution in [3.63, 3.8) is 0 Å². The summed E-state index contributed by atoms with van der Waals surface area (Å²) in [4.78, 5) is 1.50. The van der Waals surface area contributed by atoms with Gasteiger partial charge < -0.3 is 5.73 Å². The summed E-state index contributed by atoms with van der Waals surface area (Å²) in [6.45, 7) is 1.45. The quantitative estimate of drug-likeness (QED) is 0.920. The molecule has 0 aromatic heterocycles. The minimum Gasteiger partial charge on any atom is -0.323 e. The molecular weight excluding hydrogens is 265 g/mol. The van der Waals surface area contributed by atoms with E-state index in [2.05, 4.69) is 0 Å². The highest BCUT2D eigenvalue weighted by Crippen LogP contribution is 2.32. The maximum atomic E-state index is 12.7. The lowest BCUT2D eigenvalue weighted by Crippen LogP contribution is -2.49. The van der Waals surface area contributed by atoms with Crippen molar-refractivity contribution < 1.29 is 13.2 Å². The van der Waals surface area contributed by atoms with Gasteiger partial charge in [0.25, 0.3) is 0 Å². The second-order valence-corrected chi connectivity index (χ2v) is 5.42. The summed E-state index contributed by atoms with van der Waals surface area (Å²) >= 11 is 0. The first-order valence-electron chi connectivity index (χ1n) is 7.06. The highest BCUT2D eigenvalue weighted by Gasteiger charge is 2.37. The molecule has 1 aromatic carbocycles. The summed E-state index contributed by atoms with van der Waals surface area (Å²) in [5, 5.41) is 0. The van der Waals surface area contributed by atoms with Crippen LogP contribution < -0.4 is 5.73 Å². The van der Waals surface area contributed by atoms with Crippen LogP contribution in [0.3, 0.4) is 0 Å². The number of nitrogens with two attached hydrogens (primary N) is 1. The van der Waals surface area contributed by atoms with E-state index in [0.717, 1.165) is 12.0 Å². The van der Waals surface area contributed by atoms with E-state index in [9.17, 15) is 13.2 Å². The third-order valence-electron chi connectivity index (χ3n) is 3.90. The summed E-state index contributed by atoms with van der Waals surface area (Å²) < 4.78 is 38.2. The van der Waals surface area contributed by atoms with Crippen LogP contribution in [0.15, 0.2) is 24.3 Å². The summed E-state index contributed by atoms with van der Waals surface area (Å²) in [7, 11) is 0. The van der Waals surface area contributed by atoms with E-state index in [4.69, 9.17) is 5.73 Å². The monoisotopic (exact) mass is 286 g/mol. The van der Waals surface area contributed by atoms with Crippen molar-refractivity contribution in [2.75, 3.05) is 13.1 Å². The maximum Gasteiger partial charge on any atom is 0.401 e. The second kappa shape index (κ2) is 6.14. The molecular formula is C15H21F3N2. The van der Waals surface area contributed by atoms with Crippen LogP contribution in [0.2, 0.25) is 0 Å². The molecule has 0 saturated heterocycles. The predicted molar refractivity (Wildman–Crippen MR) is 73.4 cm³/mol. The Bertz CT molecular complexity index is 445. The van der Waals surface area contributed by atoms with Crippen LogP contribution in [0.25, 0.3) is 0 Å². The zero-order valence-corrected chi connectivity index (χ0v) is 11.7. The number of halogens is 3. The standard InChI is InChI=1S/C15H21F3N2/c1-2-9-20(10-15(16,17)18)13-8-7-11-5-3-4-6-12(11)14(13)19/h3-6,13-14H,2,7-10,19H2,1H3. The third kappa shape index (κ3) is 3.52. The molecule has 0 heterocycles. The van der Waals surface area contributed by atoms with Gasteiger partial charge in [-0.1, -0.05) is 31.2 Å². The number of hydrogen-bond acceptors (Lipinski definition) is 2. The van der Waals surface area contributed by atoms with Crippen LogP contribution in [0, 0.1) is 0 Å². The van der Waals surface area contributed by atoms with Crippen molar-refractivity contribution in [3.05, 3.63) is 35.4 Å². The van der Waals surface area contributed by atoms with Crippen LogP contribution in [-0.2, 0) is 6.42 Å². The van der Waals surface area contributed by atoms with Crippen LogP contribution in [-0.4, -0.2) is 30.2 Å². The van der Waals surface area contributed by atoms with Crippen molar-refractivity contribution in [2.45, 2.75) is 44.4 Å². The van der Waals surface area contributed by atoms with Gasteiger partial charge in [-0.05, 0) is 36.9 Å². The lowest BCUT2D eigenvalue weighted by Gasteiger charge is -2.39. The second-order valence-electron chi connectivity index (χ2n) is 5.42. The molecule has 5 heteroatoms. The van der Waals surface area contributed by atoms with Gasteiger partial charge in [0.05, 0.1) is 6.54 Å². The lowest BCUT2D eigenvalue weighted by molar-refractivity contribution is -0.152. The first-order valence-corrected chi connectivity index (χ1v) is 7.06. The van der Waals surface area contributed by atoms with E-state index in [1.165, 1.54) is 10.5 Å². The van der Waals surface area contributed by atoms with E-state index < -0.39 is 12.7 Å². The Morgan fingerprint density at radius 3 is 2.65 bits per heavy atom. The summed E-state index contributed by atoms with van der Waals surface area (Å²) in [6.07, 6.45) is -1.99. The third-order valence-corrected chi connectivity index (χ3v) is 3.90. The normalized spacial score (nSPS) is 22.9. The van der Waals surface area contributed by atoms with E-state index in [-0.39, 0.29) is 12.1 Å². The highest BCUT2D eigenvalue weighted by molar-refractivity contribution is 5.33. The van der Waals surface area contributed by atoms with Crippen molar-refractivity contribution in [1.82, 2.24) is 4.90 Å². The molecule has 20 heavy (non-hydrogen) atoms. The van der Waals surface area contributed by atoms with Crippen LogP contribution in [0.4, 0.5) is 13.2 Å². The molecule has 1 aromatic rings. The Morgan fingerprint density at radius 2 is 2.00 bits per heavy atom. The van der Waals surface area contributed by atoms with Crippen LogP contribution in [0.5, 0.6) is 0 Å². The Labute approximate surface area is 117 Å².